The van der Waals surface area contributed by atoms with Crippen molar-refractivity contribution in [2.45, 2.75) is 34.1 Å². The third-order valence-corrected chi connectivity index (χ3v) is 4.50. The molecule has 0 aliphatic heterocycles. The molecule has 0 aliphatic carbocycles. The summed E-state index contributed by atoms with van der Waals surface area (Å²) in [5.41, 5.74) is 5.07. The van der Waals surface area contributed by atoms with Crippen molar-refractivity contribution in [2.24, 2.45) is 0 Å². The molecule has 116 valence electrons. The predicted molar refractivity (Wildman–Crippen MR) is 90.1 cm³/mol. The van der Waals surface area contributed by atoms with Crippen molar-refractivity contribution in [2.75, 3.05) is 18.1 Å². The van der Waals surface area contributed by atoms with Gasteiger partial charge in [-0.3, -0.25) is 9.00 Å². The largest absolute Gasteiger partial charge is 0.355 e. The molecule has 0 spiro atoms. The topological polar surface area (TPSA) is 46.2 Å². The van der Waals surface area contributed by atoms with E-state index in [9.17, 15) is 9.00 Å². The fourth-order valence-electron chi connectivity index (χ4n) is 2.39. The second-order valence-electron chi connectivity index (χ2n) is 5.30. The molecular weight excluding hydrogens is 282 g/mol. The normalized spacial score (nSPS) is 12.6. The second kappa shape index (κ2) is 8.78. The van der Waals surface area contributed by atoms with Crippen molar-refractivity contribution < 1.29 is 9.00 Å². The number of carbonyl (C=O) groups excluding carboxylic acids is 1. The Labute approximate surface area is 130 Å². The molecule has 0 bridgehead atoms. The lowest BCUT2D eigenvalue weighted by Gasteiger charge is -2.12. The molecule has 0 radical (unpaired) electrons. The number of rotatable bonds is 7. The highest BCUT2D eigenvalue weighted by atomic mass is 32.2. The Morgan fingerprint density at radius 2 is 1.86 bits per heavy atom. The summed E-state index contributed by atoms with van der Waals surface area (Å²) in [5.74, 6) is 0.385. The van der Waals surface area contributed by atoms with Crippen LogP contribution in [-0.2, 0) is 22.0 Å². The van der Waals surface area contributed by atoms with Gasteiger partial charge in [-0.1, -0.05) is 29.8 Å². The van der Waals surface area contributed by atoms with Gasteiger partial charge in [0.25, 0.3) is 0 Å². The monoisotopic (exact) mass is 307 g/mol. The maximum absolute atomic E-state index is 11.7. The number of nitrogens with one attached hydrogen (secondary N) is 1. The highest BCUT2D eigenvalue weighted by Gasteiger charge is 2.08. The number of aryl methyl sites for hydroxylation is 3. The molecule has 1 aromatic rings. The molecule has 0 aliphatic rings. The van der Waals surface area contributed by atoms with Crippen LogP contribution in [0.4, 0.5) is 0 Å². The van der Waals surface area contributed by atoms with E-state index in [2.05, 4.69) is 38.2 Å². The second-order valence-corrected chi connectivity index (χ2v) is 6.80. The number of amides is 1. The van der Waals surface area contributed by atoms with Gasteiger partial charge in [0.1, 0.15) is 5.75 Å². The highest BCUT2D eigenvalue weighted by molar-refractivity contribution is 7.85. The van der Waals surface area contributed by atoms with E-state index in [4.69, 9.17) is 0 Å². The van der Waals surface area contributed by atoms with E-state index >= 15 is 0 Å². The summed E-state index contributed by atoms with van der Waals surface area (Å²) in [7, 11) is -1.11. The SMILES string of the molecule is C/C=C/C[S@](=O)CC(=O)NCCc1c(C)cc(C)cc1C. The summed E-state index contributed by atoms with van der Waals surface area (Å²) in [6, 6.07) is 4.33. The standard InChI is InChI=1S/C17H25NO2S/c1-5-6-9-21(20)12-17(19)18-8-7-16-14(3)10-13(2)11-15(16)4/h5-6,10-11H,7-9,12H2,1-4H3,(H,18,19)/b6-5+/t21-/m0/s1. The molecule has 3 nitrogen and oxygen atoms in total. The Morgan fingerprint density at radius 1 is 1.24 bits per heavy atom. The van der Waals surface area contributed by atoms with Gasteiger partial charge in [0.2, 0.25) is 5.91 Å². The fraction of sp³-hybridized carbons (Fsp3) is 0.471. The molecule has 1 rings (SSSR count). The molecule has 1 N–H and O–H groups in total. The van der Waals surface area contributed by atoms with Crippen LogP contribution in [0.15, 0.2) is 24.3 Å². The molecule has 0 heterocycles. The Bertz CT molecular complexity index is 527. The molecule has 0 unspecified atom stereocenters. The van der Waals surface area contributed by atoms with E-state index in [-0.39, 0.29) is 11.7 Å². The maximum atomic E-state index is 11.7. The zero-order chi connectivity index (χ0) is 15.8. The Morgan fingerprint density at radius 3 is 2.43 bits per heavy atom. The minimum atomic E-state index is -1.11. The molecule has 1 aromatic carbocycles. The Hall–Kier alpha value is -1.42. The van der Waals surface area contributed by atoms with Gasteiger partial charge in [0.05, 0.1) is 0 Å². The van der Waals surface area contributed by atoms with E-state index in [1.807, 2.05) is 19.1 Å². The summed E-state index contributed by atoms with van der Waals surface area (Å²) >= 11 is 0. The summed E-state index contributed by atoms with van der Waals surface area (Å²) < 4.78 is 11.6. The maximum Gasteiger partial charge on any atom is 0.232 e. The van der Waals surface area contributed by atoms with Crippen molar-refractivity contribution in [1.29, 1.82) is 0 Å². The molecule has 0 saturated carbocycles. The van der Waals surface area contributed by atoms with Gasteiger partial charge in [0, 0.05) is 23.1 Å². The first-order valence-electron chi connectivity index (χ1n) is 7.23. The van der Waals surface area contributed by atoms with Crippen molar-refractivity contribution in [1.82, 2.24) is 5.32 Å². The molecule has 1 amide bonds. The van der Waals surface area contributed by atoms with Crippen molar-refractivity contribution in [3.8, 4) is 0 Å². The molecule has 4 heteroatoms. The summed E-state index contributed by atoms with van der Waals surface area (Å²) in [5, 5.41) is 2.85. The summed E-state index contributed by atoms with van der Waals surface area (Å²) in [6.45, 7) is 8.76. The minimum absolute atomic E-state index is 0.0796. The van der Waals surface area contributed by atoms with Gasteiger partial charge in [-0.05, 0) is 50.8 Å². The van der Waals surface area contributed by atoms with Crippen molar-refractivity contribution in [3.05, 3.63) is 46.5 Å². The lowest BCUT2D eigenvalue weighted by molar-refractivity contribution is -0.118. The quantitative estimate of drug-likeness (QED) is 0.787. The van der Waals surface area contributed by atoms with Crippen LogP contribution >= 0.6 is 0 Å². The molecule has 0 aromatic heterocycles. The van der Waals surface area contributed by atoms with E-state index in [1.54, 1.807) is 0 Å². The van der Waals surface area contributed by atoms with Crippen LogP contribution in [0.5, 0.6) is 0 Å². The van der Waals surface area contributed by atoms with E-state index in [0.717, 1.165) is 6.42 Å². The van der Waals surface area contributed by atoms with E-state index in [1.165, 1.54) is 22.3 Å². The van der Waals surface area contributed by atoms with E-state index in [0.29, 0.717) is 12.3 Å². The summed E-state index contributed by atoms with van der Waals surface area (Å²) in [6.07, 6.45) is 4.48. The van der Waals surface area contributed by atoms with Crippen molar-refractivity contribution >= 4 is 16.7 Å². The van der Waals surface area contributed by atoms with Gasteiger partial charge < -0.3 is 5.32 Å². The van der Waals surface area contributed by atoms with Gasteiger partial charge in [-0.15, -0.1) is 0 Å². The fourth-order valence-corrected chi connectivity index (χ4v) is 3.31. The number of allylic oxidation sites excluding steroid dienone is 1. The van der Waals surface area contributed by atoms with Crippen molar-refractivity contribution in [3.63, 3.8) is 0 Å². The van der Waals surface area contributed by atoms with Crippen LogP contribution in [-0.4, -0.2) is 28.2 Å². The predicted octanol–water partition coefficient (Wildman–Crippen LogP) is 2.60. The smallest absolute Gasteiger partial charge is 0.232 e. The number of benzene rings is 1. The molecular formula is C17H25NO2S. The van der Waals surface area contributed by atoms with Gasteiger partial charge in [-0.25, -0.2) is 0 Å². The Kier molecular flexibility index (Phi) is 7.37. The third-order valence-electron chi connectivity index (χ3n) is 3.35. The number of carbonyl (C=O) groups is 1. The molecule has 0 fully saturated rings. The zero-order valence-corrected chi connectivity index (χ0v) is 14.2. The lowest BCUT2D eigenvalue weighted by atomic mass is 9.97. The average molecular weight is 307 g/mol. The van der Waals surface area contributed by atoms with Crippen LogP contribution in [0.2, 0.25) is 0 Å². The number of hydrogen-bond donors (Lipinski definition) is 1. The van der Waals surface area contributed by atoms with Crippen LogP contribution in [0.3, 0.4) is 0 Å². The summed E-state index contributed by atoms with van der Waals surface area (Å²) in [4.78, 5) is 11.7. The van der Waals surface area contributed by atoms with Crippen LogP contribution in [0.1, 0.15) is 29.2 Å². The van der Waals surface area contributed by atoms with Crippen LogP contribution < -0.4 is 5.32 Å². The van der Waals surface area contributed by atoms with Gasteiger partial charge in [-0.2, -0.15) is 0 Å². The lowest BCUT2D eigenvalue weighted by Crippen LogP contribution is -2.30. The third kappa shape index (κ3) is 6.25. The van der Waals surface area contributed by atoms with Gasteiger partial charge >= 0.3 is 0 Å². The zero-order valence-electron chi connectivity index (χ0n) is 13.4. The Balaban J connectivity index is 2.43. The van der Waals surface area contributed by atoms with Gasteiger partial charge in [0.15, 0.2) is 0 Å². The number of hydrogen-bond acceptors (Lipinski definition) is 2. The van der Waals surface area contributed by atoms with Crippen LogP contribution in [0, 0.1) is 20.8 Å². The highest BCUT2D eigenvalue weighted by Crippen LogP contribution is 2.16. The first kappa shape index (κ1) is 17.6. The molecule has 1 atom stereocenters. The minimum Gasteiger partial charge on any atom is -0.355 e. The van der Waals surface area contributed by atoms with Crippen LogP contribution in [0.25, 0.3) is 0 Å². The van der Waals surface area contributed by atoms with E-state index < -0.39 is 10.8 Å². The first-order chi connectivity index (χ1) is 9.93. The first-order valence-corrected chi connectivity index (χ1v) is 8.72. The average Bonchev–Trinajstić information content (AvgIpc) is 2.39. The molecule has 0 saturated heterocycles. The molecule has 21 heavy (non-hydrogen) atoms.